The number of likely N-dealkylation sites (N-methyl/N-ethyl adjacent to an activating group) is 1. The summed E-state index contributed by atoms with van der Waals surface area (Å²) in [6, 6.07) is 5.16. The van der Waals surface area contributed by atoms with E-state index in [9.17, 15) is 4.79 Å². The summed E-state index contributed by atoms with van der Waals surface area (Å²) in [5.41, 5.74) is 0.521. The molecule has 1 fully saturated rings. The first-order valence-corrected chi connectivity index (χ1v) is 8.80. The first-order chi connectivity index (χ1) is 11.0. The van der Waals surface area contributed by atoms with Gasteiger partial charge in [0, 0.05) is 25.3 Å². The largest absolute Gasteiger partial charge is 0.496 e. The number of rotatable bonds is 5. The lowest BCUT2D eigenvalue weighted by atomic mass is 10.2. The summed E-state index contributed by atoms with van der Waals surface area (Å²) in [6.45, 7) is 4.26. The van der Waals surface area contributed by atoms with Crippen molar-refractivity contribution in [3.8, 4) is 5.75 Å². The van der Waals surface area contributed by atoms with Gasteiger partial charge >= 0.3 is 0 Å². The van der Waals surface area contributed by atoms with Crippen molar-refractivity contribution in [2.75, 3.05) is 26.8 Å². The first kappa shape index (κ1) is 18.2. The zero-order valence-corrected chi connectivity index (χ0v) is 15.7. The molecule has 0 aromatic heterocycles. The van der Waals surface area contributed by atoms with Gasteiger partial charge in [-0.05, 0) is 66.1 Å². The molecule has 1 aliphatic heterocycles. The Balaban J connectivity index is 1.97. The molecule has 1 heterocycles. The molecule has 0 spiro atoms. The van der Waals surface area contributed by atoms with Crippen LogP contribution in [0.25, 0.3) is 0 Å². The van der Waals surface area contributed by atoms with E-state index in [-0.39, 0.29) is 12.0 Å². The topological polar surface area (TPSA) is 50.8 Å². The molecule has 23 heavy (non-hydrogen) atoms. The Kier molecular flexibility index (Phi) is 6.80. The minimum Gasteiger partial charge on any atom is -0.496 e. The van der Waals surface area contributed by atoms with Crippen molar-refractivity contribution in [2.24, 2.45) is 0 Å². The van der Waals surface area contributed by atoms with Gasteiger partial charge in [0.15, 0.2) is 5.11 Å². The number of halogens is 1. The van der Waals surface area contributed by atoms with Crippen LogP contribution in [0, 0.1) is 0 Å². The molecule has 1 aromatic rings. The Hall–Kier alpha value is -1.18. The summed E-state index contributed by atoms with van der Waals surface area (Å²) in [5, 5.41) is 3.22. The lowest BCUT2D eigenvalue weighted by molar-refractivity contribution is 0.0895. The maximum atomic E-state index is 12.3. The molecule has 1 N–H and O–H groups in total. The van der Waals surface area contributed by atoms with Crippen LogP contribution in [0.1, 0.15) is 30.1 Å². The fourth-order valence-electron chi connectivity index (χ4n) is 2.45. The van der Waals surface area contributed by atoms with Crippen molar-refractivity contribution in [1.82, 2.24) is 10.2 Å². The molecular formula is C16H21BrN2O3S. The molecule has 0 aliphatic carbocycles. The lowest BCUT2D eigenvalue weighted by Gasteiger charge is -2.26. The summed E-state index contributed by atoms with van der Waals surface area (Å²) in [5.74, 6) is 0.446. The molecule has 7 heteroatoms. The van der Waals surface area contributed by atoms with E-state index in [1.165, 1.54) is 0 Å². The fraction of sp³-hybridized carbons (Fsp3) is 0.500. The second-order valence-electron chi connectivity index (χ2n) is 5.28. The third kappa shape index (κ3) is 4.89. The highest BCUT2D eigenvalue weighted by Crippen LogP contribution is 2.25. The molecular weight excluding hydrogens is 380 g/mol. The standard InChI is InChI=1S/C16H21BrN2O3S/c1-3-19(10-12-5-4-8-22-12)16(23)18-15(20)11-6-7-14(21-2)13(17)9-11/h6-7,9,12H,3-5,8,10H2,1-2H3,(H,18,20,23). The Morgan fingerprint density at radius 2 is 2.35 bits per heavy atom. The van der Waals surface area contributed by atoms with Gasteiger partial charge in [-0.15, -0.1) is 0 Å². The van der Waals surface area contributed by atoms with Gasteiger partial charge in [0.2, 0.25) is 0 Å². The third-order valence-electron chi connectivity index (χ3n) is 3.75. The van der Waals surface area contributed by atoms with Crippen molar-refractivity contribution in [1.29, 1.82) is 0 Å². The van der Waals surface area contributed by atoms with Crippen molar-refractivity contribution in [3.63, 3.8) is 0 Å². The van der Waals surface area contributed by atoms with Gasteiger partial charge < -0.3 is 14.4 Å². The fourth-order valence-corrected chi connectivity index (χ4v) is 3.28. The molecule has 0 bridgehead atoms. The summed E-state index contributed by atoms with van der Waals surface area (Å²) in [4.78, 5) is 14.3. The average Bonchev–Trinajstić information content (AvgIpc) is 3.05. The molecule has 1 amide bonds. The van der Waals surface area contributed by atoms with E-state index in [0.717, 1.165) is 30.5 Å². The highest BCUT2D eigenvalue weighted by Gasteiger charge is 2.21. The number of thiocarbonyl (C=S) groups is 1. The molecule has 0 radical (unpaired) electrons. The minimum absolute atomic E-state index is 0.194. The molecule has 2 rings (SSSR count). The van der Waals surface area contributed by atoms with E-state index in [2.05, 4.69) is 21.2 Å². The SMILES string of the molecule is CCN(CC1CCCO1)C(=S)NC(=O)c1ccc(OC)c(Br)c1. The third-order valence-corrected chi connectivity index (χ3v) is 4.73. The van der Waals surface area contributed by atoms with E-state index in [0.29, 0.717) is 23.0 Å². The van der Waals surface area contributed by atoms with Gasteiger partial charge in [0.1, 0.15) is 5.75 Å². The molecule has 126 valence electrons. The van der Waals surface area contributed by atoms with Crippen molar-refractivity contribution < 1.29 is 14.3 Å². The summed E-state index contributed by atoms with van der Waals surface area (Å²) >= 11 is 8.75. The number of carbonyl (C=O) groups excluding carboxylic acids is 1. The molecule has 0 saturated carbocycles. The summed E-state index contributed by atoms with van der Waals surface area (Å²) in [7, 11) is 1.58. The Bertz CT molecular complexity index is 576. The van der Waals surface area contributed by atoms with Crippen LogP contribution >= 0.6 is 28.1 Å². The first-order valence-electron chi connectivity index (χ1n) is 7.60. The molecule has 5 nitrogen and oxygen atoms in total. The van der Waals surface area contributed by atoms with Crippen molar-refractivity contribution >= 4 is 39.2 Å². The zero-order chi connectivity index (χ0) is 16.8. The van der Waals surface area contributed by atoms with Gasteiger partial charge in [0.25, 0.3) is 5.91 Å². The quantitative estimate of drug-likeness (QED) is 0.769. The molecule has 1 atom stereocenters. The second kappa shape index (κ2) is 8.61. The van der Waals surface area contributed by atoms with Crippen LogP contribution in [0.2, 0.25) is 0 Å². The number of nitrogens with one attached hydrogen (secondary N) is 1. The predicted molar refractivity (Wildman–Crippen MR) is 97.0 cm³/mol. The number of hydrogen-bond donors (Lipinski definition) is 1. The number of hydrogen-bond acceptors (Lipinski definition) is 4. The van der Waals surface area contributed by atoms with Gasteiger partial charge in [-0.1, -0.05) is 0 Å². The smallest absolute Gasteiger partial charge is 0.257 e. The number of ether oxygens (including phenoxy) is 2. The second-order valence-corrected chi connectivity index (χ2v) is 6.52. The predicted octanol–water partition coefficient (Wildman–Crippen LogP) is 2.97. The molecule has 1 unspecified atom stereocenters. The monoisotopic (exact) mass is 400 g/mol. The van der Waals surface area contributed by atoms with Crippen LogP contribution in [-0.2, 0) is 4.74 Å². The summed E-state index contributed by atoms with van der Waals surface area (Å²) < 4.78 is 11.5. The van der Waals surface area contributed by atoms with Crippen LogP contribution in [0.3, 0.4) is 0 Å². The van der Waals surface area contributed by atoms with Gasteiger partial charge in [0.05, 0.1) is 17.7 Å². The Morgan fingerprint density at radius 3 is 2.91 bits per heavy atom. The van der Waals surface area contributed by atoms with Gasteiger partial charge in [-0.2, -0.15) is 0 Å². The summed E-state index contributed by atoms with van der Waals surface area (Å²) in [6.07, 6.45) is 2.32. The maximum Gasteiger partial charge on any atom is 0.257 e. The number of carbonyl (C=O) groups is 1. The van der Waals surface area contributed by atoms with E-state index < -0.39 is 0 Å². The Labute approximate surface area is 150 Å². The van der Waals surface area contributed by atoms with Crippen molar-refractivity contribution in [2.45, 2.75) is 25.9 Å². The van der Waals surface area contributed by atoms with Gasteiger partial charge in [-0.25, -0.2) is 0 Å². The highest BCUT2D eigenvalue weighted by atomic mass is 79.9. The van der Waals surface area contributed by atoms with Crippen molar-refractivity contribution in [3.05, 3.63) is 28.2 Å². The lowest BCUT2D eigenvalue weighted by Crippen LogP contribution is -2.45. The highest BCUT2D eigenvalue weighted by molar-refractivity contribution is 9.10. The van der Waals surface area contributed by atoms with E-state index in [4.69, 9.17) is 21.7 Å². The number of benzene rings is 1. The number of nitrogens with zero attached hydrogens (tertiary/aromatic N) is 1. The Morgan fingerprint density at radius 1 is 1.57 bits per heavy atom. The minimum atomic E-state index is -0.232. The van der Waals surface area contributed by atoms with E-state index in [1.807, 2.05) is 11.8 Å². The van der Waals surface area contributed by atoms with E-state index in [1.54, 1.807) is 25.3 Å². The van der Waals surface area contributed by atoms with E-state index >= 15 is 0 Å². The number of amides is 1. The average molecular weight is 401 g/mol. The van der Waals surface area contributed by atoms with Crippen LogP contribution < -0.4 is 10.1 Å². The molecule has 1 aromatic carbocycles. The maximum absolute atomic E-state index is 12.3. The zero-order valence-electron chi connectivity index (χ0n) is 13.3. The van der Waals surface area contributed by atoms with Crippen LogP contribution in [-0.4, -0.2) is 48.8 Å². The molecule has 1 saturated heterocycles. The van der Waals surface area contributed by atoms with Crippen LogP contribution in [0.5, 0.6) is 5.75 Å². The van der Waals surface area contributed by atoms with Gasteiger partial charge in [-0.3, -0.25) is 10.1 Å². The van der Waals surface area contributed by atoms with Crippen LogP contribution in [0.15, 0.2) is 22.7 Å². The normalized spacial score (nSPS) is 16.9. The molecule has 1 aliphatic rings. The number of methoxy groups -OCH3 is 1. The van der Waals surface area contributed by atoms with Crippen LogP contribution in [0.4, 0.5) is 0 Å².